The quantitative estimate of drug-likeness (QED) is 0.684. The van der Waals surface area contributed by atoms with Crippen LogP contribution in [0.4, 0.5) is 0 Å². The second-order valence-electron chi connectivity index (χ2n) is 4.39. The zero-order valence-corrected chi connectivity index (χ0v) is 9.53. The summed E-state index contributed by atoms with van der Waals surface area (Å²) in [4.78, 5) is 11.1. The maximum absolute atomic E-state index is 4.35. The minimum atomic E-state index is 0.318. The molecule has 0 radical (unpaired) electrons. The van der Waals surface area contributed by atoms with Gasteiger partial charge in [0.15, 0.2) is 0 Å². The Morgan fingerprint density at radius 2 is 2.12 bits per heavy atom. The zero-order valence-electron chi connectivity index (χ0n) is 9.53. The number of aromatic nitrogens is 2. The van der Waals surface area contributed by atoms with Crippen molar-refractivity contribution in [3.05, 3.63) is 23.3 Å². The van der Waals surface area contributed by atoms with E-state index < -0.39 is 0 Å². The standard InChI is InChI=1S/C11H17N5/c1-8-10-9(15-7-14-8)6-13-11(10)16-4-2-12-3-5-16/h7,11-13H,2-6H2,1H3. The molecule has 0 aromatic carbocycles. The number of rotatable bonds is 1. The molecule has 0 saturated carbocycles. The van der Waals surface area contributed by atoms with E-state index in [1.54, 1.807) is 6.33 Å². The molecular weight excluding hydrogens is 202 g/mol. The van der Waals surface area contributed by atoms with Crippen molar-refractivity contribution in [1.29, 1.82) is 0 Å². The van der Waals surface area contributed by atoms with Gasteiger partial charge in [-0.05, 0) is 6.92 Å². The van der Waals surface area contributed by atoms with Crippen LogP contribution in [0.3, 0.4) is 0 Å². The molecule has 16 heavy (non-hydrogen) atoms. The molecule has 1 aromatic heterocycles. The lowest BCUT2D eigenvalue weighted by molar-refractivity contribution is 0.154. The highest BCUT2D eigenvalue weighted by Crippen LogP contribution is 2.28. The summed E-state index contributed by atoms with van der Waals surface area (Å²) >= 11 is 0. The van der Waals surface area contributed by atoms with Crippen molar-refractivity contribution >= 4 is 0 Å². The van der Waals surface area contributed by atoms with Crippen LogP contribution in [0.5, 0.6) is 0 Å². The van der Waals surface area contributed by atoms with Crippen molar-refractivity contribution in [2.24, 2.45) is 0 Å². The van der Waals surface area contributed by atoms with Crippen LogP contribution in [-0.2, 0) is 6.54 Å². The number of hydrogen-bond acceptors (Lipinski definition) is 5. The molecule has 2 aliphatic rings. The van der Waals surface area contributed by atoms with Crippen LogP contribution in [0.25, 0.3) is 0 Å². The van der Waals surface area contributed by atoms with E-state index >= 15 is 0 Å². The first-order chi connectivity index (χ1) is 7.86. The van der Waals surface area contributed by atoms with Crippen LogP contribution in [0, 0.1) is 6.92 Å². The van der Waals surface area contributed by atoms with E-state index in [2.05, 4.69) is 32.4 Å². The summed E-state index contributed by atoms with van der Waals surface area (Å²) in [6, 6.07) is 0. The van der Waals surface area contributed by atoms with E-state index in [-0.39, 0.29) is 0 Å². The molecule has 1 atom stereocenters. The van der Waals surface area contributed by atoms with Gasteiger partial charge >= 0.3 is 0 Å². The molecule has 1 saturated heterocycles. The number of nitrogens with one attached hydrogen (secondary N) is 2. The van der Waals surface area contributed by atoms with Crippen molar-refractivity contribution < 1.29 is 0 Å². The molecule has 1 fully saturated rings. The van der Waals surface area contributed by atoms with Crippen LogP contribution in [0.2, 0.25) is 0 Å². The molecule has 5 heteroatoms. The molecule has 0 amide bonds. The first-order valence-electron chi connectivity index (χ1n) is 5.85. The third kappa shape index (κ3) is 1.61. The van der Waals surface area contributed by atoms with E-state index in [4.69, 9.17) is 0 Å². The fourth-order valence-corrected chi connectivity index (χ4v) is 2.58. The second kappa shape index (κ2) is 4.08. The Balaban J connectivity index is 1.89. The highest BCUT2D eigenvalue weighted by Gasteiger charge is 2.30. The lowest BCUT2D eigenvalue weighted by atomic mass is 10.1. The fourth-order valence-electron chi connectivity index (χ4n) is 2.58. The van der Waals surface area contributed by atoms with Gasteiger partial charge in [0.25, 0.3) is 0 Å². The smallest absolute Gasteiger partial charge is 0.116 e. The van der Waals surface area contributed by atoms with E-state index in [1.165, 1.54) is 5.56 Å². The summed E-state index contributed by atoms with van der Waals surface area (Å²) < 4.78 is 0. The third-order valence-electron chi connectivity index (χ3n) is 3.42. The molecule has 2 aliphatic heterocycles. The Morgan fingerprint density at radius 3 is 2.94 bits per heavy atom. The summed E-state index contributed by atoms with van der Waals surface area (Å²) in [5.74, 6) is 0. The van der Waals surface area contributed by atoms with Gasteiger partial charge in [-0.25, -0.2) is 9.97 Å². The molecule has 1 aromatic rings. The third-order valence-corrected chi connectivity index (χ3v) is 3.42. The molecule has 5 nitrogen and oxygen atoms in total. The second-order valence-corrected chi connectivity index (χ2v) is 4.39. The molecule has 3 rings (SSSR count). The van der Waals surface area contributed by atoms with Gasteiger partial charge < -0.3 is 5.32 Å². The molecule has 0 spiro atoms. The minimum absolute atomic E-state index is 0.318. The average Bonchev–Trinajstić information content (AvgIpc) is 2.75. The van der Waals surface area contributed by atoms with E-state index in [1.807, 2.05) is 0 Å². The number of hydrogen-bond donors (Lipinski definition) is 2. The number of piperazine rings is 1. The van der Waals surface area contributed by atoms with E-state index in [0.717, 1.165) is 44.1 Å². The topological polar surface area (TPSA) is 53.1 Å². The highest BCUT2D eigenvalue weighted by atomic mass is 15.3. The molecule has 0 aliphatic carbocycles. The SMILES string of the molecule is Cc1ncnc2c1C(N1CCNCC1)NC2. The van der Waals surface area contributed by atoms with Crippen LogP contribution < -0.4 is 10.6 Å². The van der Waals surface area contributed by atoms with Crippen LogP contribution >= 0.6 is 0 Å². The lowest BCUT2D eigenvalue weighted by Gasteiger charge is -2.33. The first-order valence-corrected chi connectivity index (χ1v) is 5.85. The largest absolute Gasteiger partial charge is 0.314 e. The predicted octanol–water partition coefficient (Wildman–Crippen LogP) is -0.208. The van der Waals surface area contributed by atoms with Gasteiger partial charge in [0.05, 0.1) is 11.9 Å². The highest BCUT2D eigenvalue weighted by molar-refractivity contribution is 5.31. The normalized spacial score (nSPS) is 25.7. The van der Waals surface area contributed by atoms with Gasteiger partial charge in [-0.1, -0.05) is 0 Å². The van der Waals surface area contributed by atoms with Crippen LogP contribution in [-0.4, -0.2) is 41.0 Å². The van der Waals surface area contributed by atoms with Crippen molar-refractivity contribution in [3.8, 4) is 0 Å². The van der Waals surface area contributed by atoms with Crippen LogP contribution in [0.1, 0.15) is 23.1 Å². The van der Waals surface area contributed by atoms with Crippen LogP contribution in [0.15, 0.2) is 6.33 Å². The van der Waals surface area contributed by atoms with Crippen molar-refractivity contribution in [2.45, 2.75) is 19.6 Å². The Morgan fingerprint density at radius 1 is 1.31 bits per heavy atom. The monoisotopic (exact) mass is 219 g/mol. The molecule has 1 unspecified atom stereocenters. The summed E-state index contributed by atoms with van der Waals surface area (Å²) in [6.45, 7) is 7.26. The Hall–Kier alpha value is -1.04. The Labute approximate surface area is 95.3 Å². The number of fused-ring (bicyclic) bond motifs is 1. The molecule has 0 bridgehead atoms. The summed E-state index contributed by atoms with van der Waals surface area (Å²) in [6.07, 6.45) is 1.98. The maximum Gasteiger partial charge on any atom is 0.116 e. The van der Waals surface area contributed by atoms with E-state index in [0.29, 0.717) is 6.17 Å². The Bertz CT molecular complexity index is 386. The first kappa shape index (κ1) is 10.1. The molecular formula is C11H17N5. The zero-order chi connectivity index (χ0) is 11.0. The predicted molar refractivity (Wildman–Crippen MR) is 60.8 cm³/mol. The van der Waals surface area contributed by atoms with Crippen molar-refractivity contribution in [1.82, 2.24) is 25.5 Å². The number of nitrogens with zero attached hydrogens (tertiary/aromatic N) is 3. The lowest BCUT2D eigenvalue weighted by Crippen LogP contribution is -2.47. The van der Waals surface area contributed by atoms with Gasteiger partial charge in [0.1, 0.15) is 6.33 Å². The summed E-state index contributed by atoms with van der Waals surface area (Å²) in [5.41, 5.74) is 3.57. The van der Waals surface area contributed by atoms with Crippen molar-refractivity contribution in [2.75, 3.05) is 26.2 Å². The average molecular weight is 219 g/mol. The summed E-state index contributed by atoms with van der Waals surface area (Å²) in [5, 5.41) is 6.90. The van der Waals surface area contributed by atoms with Gasteiger partial charge in [-0.2, -0.15) is 0 Å². The molecule has 86 valence electrons. The Kier molecular flexibility index (Phi) is 2.59. The molecule has 2 N–H and O–H groups in total. The summed E-state index contributed by atoms with van der Waals surface area (Å²) in [7, 11) is 0. The number of aryl methyl sites for hydroxylation is 1. The maximum atomic E-state index is 4.35. The van der Waals surface area contributed by atoms with Gasteiger partial charge in [-0.15, -0.1) is 0 Å². The van der Waals surface area contributed by atoms with Crippen molar-refractivity contribution in [3.63, 3.8) is 0 Å². The minimum Gasteiger partial charge on any atom is -0.314 e. The van der Waals surface area contributed by atoms with Gasteiger partial charge in [-0.3, -0.25) is 10.2 Å². The van der Waals surface area contributed by atoms with Gasteiger partial charge in [0, 0.05) is 44.0 Å². The van der Waals surface area contributed by atoms with E-state index in [9.17, 15) is 0 Å². The fraction of sp³-hybridized carbons (Fsp3) is 0.636. The van der Waals surface area contributed by atoms with Gasteiger partial charge in [0.2, 0.25) is 0 Å². The molecule has 3 heterocycles.